The Balaban J connectivity index is 2.47. The number of aliphatic carboxylic acids is 1. The molecule has 0 unspecified atom stereocenters. The molecule has 88 heavy (non-hydrogen) atoms. The number of nitrogens with one attached hydrogen (secondary N) is 6. The lowest BCUT2D eigenvalue weighted by Crippen LogP contribution is -2.53. The fourth-order valence-electron chi connectivity index (χ4n) is 10.8. The summed E-state index contributed by atoms with van der Waals surface area (Å²) in [5.74, 6) is -6.90. The molecule has 0 bridgehead atoms. The number of carbonyl (C=O) groups is 10. The molecule has 1 saturated heterocycles. The summed E-state index contributed by atoms with van der Waals surface area (Å²) in [5.41, 5.74) is 0. The topological polar surface area (TPSA) is 288 Å². The molecule has 2 atom stereocenters. The molecule has 0 saturated carbocycles. The van der Waals surface area contributed by atoms with Gasteiger partial charge in [0.25, 0.3) is 0 Å². The van der Waals surface area contributed by atoms with Crippen molar-refractivity contribution >= 4 is 59.2 Å². The highest BCUT2D eigenvalue weighted by Crippen LogP contribution is 2.19. The lowest BCUT2D eigenvalue weighted by molar-refractivity contribution is -0.144. The molecule has 1 rings (SSSR count). The Hall–Kier alpha value is -5.34. The van der Waals surface area contributed by atoms with Crippen molar-refractivity contribution in [3.05, 3.63) is 0 Å². The summed E-state index contributed by atoms with van der Waals surface area (Å²) in [6.45, 7) is 5.10. The zero-order valence-electron chi connectivity index (χ0n) is 55.2. The smallest absolute Gasteiger partial charge is 0.325 e. The molecule has 1 aliphatic rings. The van der Waals surface area contributed by atoms with Crippen molar-refractivity contribution in [1.29, 1.82) is 0 Å². The molecule has 21 heteroatoms. The first kappa shape index (κ1) is 80.7. The fourth-order valence-corrected chi connectivity index (χ4v) is 10.8. The van der Waals surface area contributed by atoms with Crippen molar-refractivity contribution in [3.8, 4) is 0 Å². The number of esters is 1. The second-order valence-corrected chi connectivity index (χ2v) is 24.2. The van der Waals surface area contributed by atoms with E-state index in [1.54, 1.807) is 0 Å². The highest BCUT2D eigenvalue weighted by atomic mass is 16.5. The third-order valence-electron chi connectivity index (χ3n) is 16.2. The highest BCUT2D eigenvalue weighted by Gasteiger charge is 2.34. The number of unbranched alkanes of at least 4 members (excludes halogenated alkanes) is 34. The zero-order chi connectivity index (χ0) is 64.5. The number of rotatable bonds is 60. The van der Waals surface area contributed by atoms with Crippen LogP contribution in [0.4, 0.5) is 0 Å². The summed E-state index contributed by atoms with van der Waals surface area (Å²) in [7, 11) is 0. The summed E-state index contributed by atoms with van der Waals surface area (Å²) in [5, 5.41) is 23.6. The lowest BCUT2D eigenvalue weighted by atomic mass is 10.0. The highest BCUT2D eigenvalue weighted by molar-refractivity contribution is 5.95. The molecule has 0 aromatic carbocycles. The number of carbonyl (C=O) groups excluding carboxylic acids is 9. The zero-order valence-corrected chi connectivity index (χ0v) is 55.2. The van der Waals surface area contributed by atoms with Gasteiger partial charge in [0.05, 0.1) is 32.8 Å². The van der Waals surface area contributed by atoms with Crippen LogP contribution in [0.3, 0.4) is 0 Å². The predicted molar refractivity (Wildman–Crippen MR) is 345 cm³/mol. The van der Waals surface area contributed by atoms with Gasteiger partial charge >= 0.3 is 11.9 Å². The van der Waals surface area contributed by atoms with Gasteiger partial charge in [-0.15, -0.1) is 0 Å². The van der Waals surface area contributed by atoms with Crippen LogP contribution in [0.1, 0.15) is 284 Å². The SMILES string of the molecule is CCCCCCCCCCCCCCCCCCN(CCCCCCCCCCCCCCCCCC)C(=O)COCC(=O)NCC(=O)NCC(=O)NCC(=O)N1CCC[C@H]1C(=O)NCC(=O)N[C@@H](CCC(=O)O)C(=O)NCC(=O)OCCCCCCC. The third-order valence-corrected chi connectivity index (χ3v) is 16.2. The summed E-state index contributed by atoms with van der Waals surface area (Å²) < 4.78 is 10.7. The van der Waals surface area contributed by atoms with E-state index in [0.717, 1.165) is 64.2 Å². The molecule has 7 N–H and O–H groups in total. The van der Waals surface area contributed by atoms with Crippen LogP contribution in [0.2, 0.25) is 0 Å². The van der Waals surface area contributed by atoms with Crippen molar-refractivity contribution in [2.24, 2.45) is 0 Å². The Morgan fingerprint density at radius 3 is 1.33 bits per heavy atom. The Bertz CT molecular complexity index is 1870. The molecular formula is C67H122N8O13. The number of hydrogen-bond acceptors (Lipinski definition) is 12. The molecule has 1 aliphatic heterocycles. The summed E-state index contributed by atoms with van der Waals surface area (Å²) in [6, 6.07) is -2.29. The second kappa shape index (κ2) is 56.9. The first-order chi connectivity index (χ1) is 42.7. The van der Waals surface area contributed by atoms with Crippen LogP contribution >= 0.6 is 0 Å². The number of amides is 8. The molecule has 1 fully saturated rings. The first-order valence-corrected chi connectivity index (χ1v) is 34.9. The summed E-state index contributed by atoms with van der Waals surface area (Å²) in [6.07, 6.45) is 45.6. The van der Waals surface area contributed by atoms with Crippen LogP contribution in [0.15, 0.2) is 0 Å². The minimum Gasteiger partial charge on any atom is -0.481 e. The Labute approximate surface area is 529 Å². The van der Waals surface area contributed by atoms with Crippen molar-refractivity contribution in [2.45, 2.75) is 296 Å². The van der Waals surface area contributed by atoms with E-state index in [1.807, 2.05) is 4.90 Å². The van der Waals surface area contributed by atoms with E-state index in [9.17, 15) is 53.1 Å². The van der Waals surface area contributed by atoms with Gasteiger partial charge in [-0.2, -0.15) is 0 Å². The number of ether oxygens (including phenoxy) is 2. The molecule has 21 nitrogen and oxygen atoms in total. The van der Waals surface area contributed by atoms with Crippen LogP contribution in [0, 0.1) is 0 Å². The molecule has 0 aromatic rings. The molecule has 0 spiro atoms. The average molecular weight is 1250 g/mol. The van der Waals surface area contributed by atoms with E-state index in [4.69, 9.17) is 9.47 Å². The molecule has 0 aliphatic carbocycles. The summed E-state index contributed by atoms with van der Waals surface area (Å²) >= 11 is 0. The van der Waals surface area contributed by atoms with E-state index in [0.29, 0.717) is 25.9 Å². The molecule has 508 valence electrons. The van der Waals surface area contributed by atoms with E-state index < -0.39 is 111 Å². The van der Waals surface area contributed by atoms with E-state index >= 15 is 0 Å². The van der Waals surface area contributed by atoms with Crippen molar-refractivity contribution in [2.75, 3.05) is 72.2 Å². The van der Waals surface area contributed by atoms with E-state index in [2.05, 4.69) is 52.7 Å². The van der Waals surface area contributed by atoms with Crippen molar-refractivity contribution in [1.82, 2.24) is 41.7 Å². The minimum atomic E-state index is -1.33. The van der Waals surface area contributed by atoms with Crippen LogP contribution in [-0.2, 0) is 57.4 Å². The van der Waals surface area contributed by atoms with Crippen LogP contribution in [-0.4, -0.2) is 158 Å². The predicted octanol–water partition coefficient (Wildman–Crippen LogP) is 9.79. The standard InChI is InChI=1S/C67H122N8O13/c1-4-7-10-13-15-17-19-21-23-25-27-29-31-33-35-38-45-74(46-39-36-34-32-30-28-26-24-22-20-18-16-14-11-8-5-2)63(81)55-87-54-61(79)69-50-58(76)68-49-59(77)70-52-62(80)75-47-41-42-57(75)67(86)71-51-60(78)73-56(43-44-64(82)83)66(85)72-53-65(84)88-48-40-37-12-9-6-3/h56-57H,4-55H2,1-3H3,(H,68,76)(H,69,79)(H,70,77)(H,71,86)(H,72,85)(H,73,78)(H,82,83)/t56-,57-/m0/s1. The Morgan fingerprint density at radius 1 is 0.466 bits per heavy atom. The number of likely N-dealkylation sites (tertiary alicyclic amines) is 1. The lowest BCUT2D eigenvalue weighted by Gasteiger charge is -2.24. The normalized spacial score (nSPS) is 13.1. The second-order valence-electron chi connectivity index (χ2n) is 24.2. The van der Waals surface area contributed by atoms with Gasteiger partial charge in [-0.25, -0.2) is 0 Å². The Kier molecular flexibility index (Phi) is 52.1. The van der Waals surface area contributed by atoms with Gasteiger partial charge in [0.1, 0.15) is 31.8 Å². The Morgan fingerprint density at radius 2 is 0.875 bits per heavy atom. The van der Waals surface area contributed by atoms with Crippen LogP contribution < -0.4 is 31.9 Å². The maximum Gasteiger partial charge on any atom is 0.325 e. The third kappa shape index (κ3) is 46.7. The van der Waals surface area contributed by atoms with Gasteiger partial charge < -0.3 is 56.3 Å². The minimum absolute atomic E-state index is 0.160. The molecular weight excluding hydrogens is 1120 g/mol. The molecule has 8 amide bonds. The maximum atomic E-state index is 13.4. The van der Waals surface area contributed by atoms with Gasteiger partial charge in [0.2, 0.25) is 47.3 Å². The van der Waals surface area contributed by atoms with Crippen LogP contribution in [0.5, 0.6) is 0 Å². The maximum absolute atomic E-state index is 13.4. The molecule has 0 aromatic heterocycles. The van der Waals surface area contributed by atoms with Gasteiger partial charge in [0.15, 0.2) is 0 Å². The number of hydrogen-bond donors (Lipinski definition) is 7. The number of nitrogens with zero attached hydrogens (tertiary/aromatic N) is 2. The van der Waals surface area contributed by atoms with Crippen LogP contribution in [0.25, 0.3) is 0 Å². The van der Waals surface area contributed by atoms with E-state index in [1.165, 1.54) is 172 Å². The monoisotopic (exact) mass is 1250 g/mol. The fraction of sp³-hybridized carbons (Fsp3) is 0.851. The number of carboxylic acid groups (broad SMARTS) is 1. The number of carboxylic acids is 1. The molecule has 0 radical (unpaired) electrons. The van der Waals surface area contributed by atoms with E-state index in [-0.39, 0.29) is 38.5 Å². The van der Waals surface area contributed by atoms with Gasteiger partial charge in [-0.3, -0.25) is 47.9 Å². The average Bonchev–Trinajstić information content (AvgIpc) is 4.26. The quantitative estimate of drug-likeness (QED) is 0.0221. The largest absolute Gasteiger partial charge is 0.481 e. The van der Waals surface area contributed by atoms with Gasteiger partial charge in [-0.1, -0.05) is 239 Å². The van der Waals surface area contributed by atoms with Crippen molar-refractivity contribution in [3.63, 3.8) is 0 Å². The van der Waals surface area contributed by atoms with Gasteiger partial charge in [-0.05, 0) is 38.5 Å². The molecule has 1 heterocycles. The van der Waals surface area contributed by atoms with Gasteiger partial charge in [0, 0.05) is 26.1 Å². The first-order valence-electron chi connectivity index (χ1n) is 34.9. The van der Waals surface area contributed by atoms with Crippen molar-refractivity contribution < 1.29 is 62.5 Å². The summed E-state index contributed by atoms with van der Waals surface area (Å²) in [4.78, 5) is 130.